The highest BCUT2D eigenvalue weighted by molar-refractivity contribution is 7.89. The minimum absolute atomic E-state index is 0.0196. The lowest BCUT2D eigenvalue weighted by molar-refractivity contribution is 0.457. The van der Waals surface area contributed by atoms with Crippen LogP contribution in [0.1, 0.15) is 31.9 Å². The summed E-state index contributed by atoms with van der Waals surface area (Å²) >= 11 is 0. The van der Waals surface area contributed by atoms with Crippen molar-refractivity contribution in [2.45, 2.75) is 27.3 Å². The zero-order valence-electron chi connectivity index (χ0n) is 12.5. The third kappa shape index (κ3) is 6.71. The van der Waals surface area contributed by atoms with Crippen molar-refractivity contribution >= 4 is 10.0 Å². The van der Waals surface area contributed by atoms with Gasteiger partial charge in [0.1, 0.15) is 5.82 Å². The molecule has 0 atom stereocenters. The summed E-state index contributed by atoms with van der Waals surface area (Å²) in [5.74, 6) is 4.97. The Morgan fingerprint density at radius 1 is 1.33 bits per heavy atom. The van der Waals surface area contributed by atoms with Crippen LogP contribution in [0.15, 0.2) is 18.2 Å². The Bertz CT molecular complexity index is 652. The number of benzene rings is 1. The van der Waals surface area contributed by atoms with E-state index in [0.29, 0.717) is 5.56 Å². The van der Waals surface area contributed by atoms with Crippen LogP contribution in [0.2, 0.25) is 0 Å². The van der Waals surface area contributed by atoms with Crippen LogP contribution in [0.4, 0.5) is 4.39 Å². The highest BCUT2D eigenvalue weighted by Gasteiger charge is 2.21. The summed E-state index contributed by atoms with van der Waals surface area (Å²) in [5.41, 5.74) is 5.78. The Hall–Kier alpha value is -1.42. The van der Waals surface area contributed by atoms with Gasteiger partial charge in [-0.15, -0.1) is 0 Å². The largest absolute Gasteiger partial charge is 0.320 e. The van der Waals surface area contributed by atoms with Crippen LogP contribution in [0, 0.1) is 23.1 Å². The first kappa shape index (κ1) is 17.6. The van der Waals surface area contributed by atoms with Crippen LogP contribution >= 0.6 is 0 Å². The molecule has 1 rings (SSSR count). The molecule has 4 nitrogen and oxygen atoms in total. The lowest BCUT2D eigenvalue weighted by atomic mass is 10.0. The van der Waals surface area contributed by atoms with Crippen LogP contribution in [0.25, 0.3) is 0 Å². The van der Waals surface area contributed by atoms with Gasteiger partial charge < -0.3 is 5.73 Å². The van der Waals surface area contributed by atoms with Gasteiger partial charge in [-0.2, -0.15) is 0 Å². The van der Waals surface area contributed by atoms with Crippen molar-refractivity contribution in [2.75, 3.05) is 12.3 Å². The van der Waals surface area contributed by atoms with E-state index in [1.54, 1.807) is 0 Å². The van der Waals surface area contributed by atoms with Gasteiger partial charge in [-0.25, -0.2) is 17.5 Å². The van der Waals surface area contributed by atoms with Gasteiger partial charge in [0.25, 0.3) is 0 Å². The quantitative estimate of drug-likeness (QED) is 0.830. The minimum atomic E-state index is -3.46. The minimum Gasteiger partial charge on any atom is -0.320 e. The second kappa shape index (κ2) is 7.03. The molecular formula is C15H21FN2O2S. The number of nitrogens with one attached hydrogen (secondary N) is 1. The topological polar surface area (TPSA) is 72.2 Å². The van der Waals surface area contributed by atoms with Crippen molar-refractivity contribution in [1.82, 2.24) is 4.72 Å². The van der Waals surface area contributed by atoms with Crippen molar-refractivity contribution in [3.05, 3.63) is 35.1 Å². The van der Waals surface area contributed by atoms with E-state index < -0.39 is 15.8 Å². The first-order valence-electron chi connectivity index (χ1n) is 6.58. The fourth-order valence-electron chi connectivity index (χ4n) is 1.75. The van der Waals surface area contributed by atoms with E-state index in [4.69, 9.17) is 5.73 Å². The van der Waals surface area contributed by atoms with Crippen molar-refractivity contribution in [3.63, 3.8) is 0 Å². The summed E-state index contributed by atoms with van der Waals surface area (Å²) in [4.78, 5) is 0. The highest BCUT2D eigenvalue weighted by Crippen LogP contribution is 2.16. The number of sulfonamides is 1. The number of rotatable bonds is 4. The van der Waals surface area contributed by atoms with Gasteiger partial charge >= 0.3 is 0 Å². The average Bonchev–Trinajstić information content (AvgIpc) is 2.33. The Morgan fingerprint density at radius 3 is 2.57 bits per heavy atom. The molecule has 0 aliphatic heterocycles. The third-order valence-corrected chi connectivity index (χ3v) is 4.32. The standard InChI is InChI=1S/C15H21FN2O2S/c1-15(2,3)11-21(19,20)18-10-13-9-12(5-4-8-17)6-7-14(13)16/h6-7,9,18H,8,10-11,17H2,1-3H3. The maximum atomic E-state index is 13.7. The van der Waals surface area contributed by atoms with Gasteiger partial charge in [-0.1, -0.05) is 32.6 Å². The van der Waals surface area contributed by atoms with Gasteiger partial charge in [0, 0.05) is 17.7 Å². The molecule has 1 aromatic rings. The predicted octanol–water partition coefficient (Wildman–Crippen LogP) is 1.60. The molecule has 0 aliphatic rings. The molecule has 3 N–H and O–H groups in total. The molecule has 21 heavy (non-hydrogen) atoms. The zero-order valence-corrected chi connectivity index (χ0v) is 13.3. The average molecular weight is 312 g/mol. The predicted molar refractivity (Wildman–Crippen MR) is 82.4 cm³/mol. The first-order chi connectivity index (χ1) is 9.63. The summed E-state index contributed by atoms with van der Waals surface area (Å²) in [7, 11) is -3.46. The van der Waals surface area contributed by atoms with Crippen LogP contribution < -0.4 is 10.5 Å². The molecule has 0 aliphatic carbocycles. The zero-order chi connectivity index (χ0) is 16.1. The Labute approximate surface area is 126 Å². The molecular weight excluding hydrogens is 291 g/mol. The number of hydrogen-bond donors (Lipinski definition) is 2. The van der Waals surface area contributed by atoms with Crippen LogP contribution in [0.3, 0.4) is 0 Å². The molecule has 116 valence electrons. The van der Waals surface area contributed by atoms with E-state index in [1.807, 2.05) is 20.8 Å². The summed E-state index contributed by atoms with van der Waals surface area (Å²) in [6.07, 6.45) is 0. The molecule has 0 unspecified atom stereocenters. The molecule has 0 aromatic heterocycles. The van der Waals surface area contributed by atoms with E-state index in [9.17, 15) is 12.8 Å². The van der Waals surface area contributed by atoms with E-state index >= 15 is 0 Å². The van der Waals surface area contributed by atoms with Crippen molar-refractivity contribution < 1.29 is 12.8 Å². The molecule has 0 saturated heterocycles. The summed E-state index contributed by atoms with van der Waals surface area (Å²) < 4.78 is 39.9. The van der Waals surface area contributed by atoms with E-state index in [-0.39, 0.29) is 29.8 Å². The fraction of sp³-hybridized carbons (Fsp3) is 0.467. The Kier molecular flexibility index (Phi) is 5.90. The van der Waals surface area contributed by atoms with Crippen molar-refractivity contribution in [1.29, 1.82) is 0 Å². The van der Waals surface area contributed by atoms with E-state index in [2.05, 4.69) is 16.6 Å². The second-order valence-electron chi connectivity index (χ2n) is 5.95. The summed E-state index contributed by atoms with van der Waals surface area (Å²) in [5, 5.41) is 0. The molecule has 0 spiro atoms. The van der Waals surface area contributed by atoms with Gasteiger partial charge in [0.15, 0.2) is 0 Å². The molecule has 0 heterocycles. The molecule has 0 saturated carbocycles. The summed E-state index contributed by atoms with van der Waals surface area (Å²) in [6, 6.07) is 4.33. The number of hydrogen-bond acceptors (Lipinski definition) is 3. The first-order valence-corrected chi connectivity index (χ1v) is 8.23. The highest BCUT2D eigenvalue weighted by atomic mass is 32.2. The van der Waals surface area contributed by atoms with Gasteiger partial charge in [-0.3, -0.25) is 0 Å². The van der Waals surface area contributed by atoms with Gasteiger partial charge in [0.05, 0.1) is 12.3 Å². The fourth-order valence-corrected chi connectivity index (χ4v) is 3.37. The Morgan fingerprint density at radius 2 is 2.00 bits per heavy atom. The van der Waals surface area contributed by atoms with E-state index in [0.717, 1.165) is 0 Å². The van der Waals surface area contributed by atoms with Crippen LogP contribution in [-0.4, -0.2) is 20.7 Å². The molecule has 6 heteroatoms. The molecule has 0 bridgehead atoms. The van der Waals surface area contributed by atoms with Crippen LogP contribution in [-0.2, 0) is 16.6 Å². The lowest BCUT2D eigenvalue weighted by Crippen LogP contribution is -2.32. The normalized spacial score (nSPS) is 11.9. The molecule has 1 aromatic carbocycles. The maximum absolute atomic E-state index is 13.7. The van der Waals surface area contributed by atoms with Crippen molar-refractivity contribution in [2.24, 2.45) is 11.1 Å². The monoisotopic (exact) mass is 312 g/mol. The number of nitrogens with two attached hydrogens (primary N) is 1. The van der Waals surface area contributed by atoms with Gasteiger partial charge in [0.2, 0.25) is 10.0 Å². The smallest absolute Gasteiger partial charge is 0.212 e. The second-order valence-corrected chi connectivity index (χ2v) is 7.76. The van der Waals surface area contributed by atoms with Crippen LogP contribution in [0.5, 0.6) is 0 Å². The van der Waals surface area contributed by atoms with E-state index in [1.165, 1.54) is 18.2 Å². The number of halogens is 1. The summed E-state index contributed by atoms with van der Waals surface area (Å²) in [6.45, 7) is 5.61. The third-order valence-electron chi connectivity index (χ3n) is 2.49. The lowest BCUT2D eigenvalue weighted by Gasteiger charge is -2.18. The molecule has 0 amide bonds. The molecule has 0 fully saturated rings. The van der Waals surface area contributed by atoms with Crippen molar-refractivity contribution in [3.8, 4) is 11.8 Å². The molecule has 0 radical (unpaired) electrons. The Balaban J connectivity index is 2.84. The maximum Gasteiger partial charge on any atom is 0.212 e. The van der Waals surface area contributed by atoms with Gasteiger partial charge in [-0.05, 0) is 23.6 Å². The SMILES string of the molecule is CC(C)(C)CS(=O)(=O)NCc1cc(C#CCN)ccc1F.